The molecule has 1 heterocycles. The zero-order chi connectivity index (χ0) is 19.4. The Labute approximate surface area is 172 Å². The maximum atomic E-state index is 13.4. The van der Waals surface area contributed by atoms with E-state index < -0.39 is 17.5 Å². The molecule has 0 amide bonds. The first kappa shape index (κ1) is 22.6. The molecule has 3 N–H and O–H groups in total. The molecule has 3 rings (SSSR count). The van der Waals surface area contributed by atoms with E-state index in [-0.39, 0.29) is 18.2 Å². The average molecular weight is 410 g/mol. The molecule has 154 valence electrons. The van der Waals surface area contributed by atoms with Gasteiger partial charge in [-0.25, -0.2) is 4.39 Å². The van der Waals surface area contributed by atoms with E-state index in [1.54, 1.807) is 6.07 Å². The smallest absolute Gasteiger partial charge is 0.165 e. The lowest BCUT2D eigenvalue weighted by Crippen LogP contribution is -2.47. The molecule has 2 aromatic rings. The third kappa shape index (κ3) is 6.17. The fourth-order valence-electron chi connectivity index (χ4n) is 3.73. The maximum Gasteiger partial charge on any atom is 0.165 e. The van der Waals surface area contributed by atoms with Crippen molar-refractivity contribution in [3.63, 3.8) is 0 Å². The number of likely N-dealkylation sites (tertiary alicyclic amines) is 1. The molecule has 28 heavy (non-hydrogen) atoms. The minimum absolute atomic E-state index is 0. The van der Waals surface area contributed by atoms with Crippen LogP contribution < -0.4 is 0 Å². The Morgan fingerprint density at radius 3 is 2.29 bits per heavy atom. The lowest BCUT2D eigenvalue weighted by atomic mass is 9.85. The van der Waals surface area contributed by atoms with Crippen LogP contribution in [-0.2, 0) is 12.8 Å². The highest BCUT2D eigenvalue weighted by Crippen LogP contribution is 2.27. The number of β-amino-alcohol motifs (C(OH)–C–C–N with tert-alkyl or cyclic N) is 1. The number of phenols is 1. The summed E-state index contributed by atoms with van der Waals surface area (Å²) < 4.78 is 13.4. The van der Waals surface area contributed by atoms with Crippen molar-refractivity contribution in [1.29, 1.82) is 0 Å². The Balaban J connectivity index is 0.00000280. The quantitative estimate of drug-likeness (QED) is 0.685. The molecule has 6 heteroatoms. The molecule has 1 aliphatic heterocycles. The van der Waals surface area contributed by atoms with Crippen molar-refractivity contribution >= 4 is 12.4 Å². The summed E-state index contributed by atoms with van der Waals surface area (Å²) in [4.78, 5) is 2.14. The number of halogens is 2. The van der Waals surface area contributed by atoms with E-state index in [4.69, 9.17) is 0 Å². The summed E-state index contributed by atoms with van der Waals surface area (Å²) >= 11 is 0. The van der Waals surface area contributed by atoms with Crippen LogP contribution in [0.3, 0.4) is 0 Å². The third-order valence-electron chi connectivity index (χ3n) is 5.39. The molecule has 1 atom stereocenters. The van der Waals surface area contributed by atoms with E-state index in [1.165, 1.54) is 17.7 Å². The number of rotatable bonds is 6. The molecule has 0 aliphatic carbocycles. The summed E-state index contributed by atoms with van der Waals surface area (Å²) in [5.41, 5.74) is 2.32. The molecular formula is C22H29ClFNO3. The molecule has 0 radical (unpaired) electrons. The Morgan fingerprint density at radius 2 is 1.68 bits per heavy atom. The van der Waals surface area contributed by atoms with Crippen LogP contribution in [0.4, 0.5) is 4.39 Å². The Bertz CT molecular complexity index is 761. The van der Waals surface area contributed by atoms with E-state index in [2.05, 4.69) is 36.1 Å². The second-order valence-electron chi connectivity index (χ2n) is 7.83. The highest BCUT2D eigenvalue weighted by molar-refractivity contribution is 5.85. The van der Waals surface area contributed by atoms with Crippen LogP contribution in [0.15, 0.2) is 42.5 Å². The summed E-state index contributed by atoms with van der Waals surface area (Å²) in [6.45, 7) is 3.99. The van der Waals surface area contributed by atoms with Gasteiger partial charge in [-0.15, -0.1) is 12.4 Å². The standard InChI is InChI=1S/C22H28FNO3.ClH/c1-16-2-4-17(5-3-16)14-22(27)8-10-24(11-9-22)15-19(25)12-18-6-7-21(26)20(23)13-18;/h2-7,13,19,25-27H,8-12,14-15H2,1H3;1H. The van der Waals surface area contributed by atoms with Crippen LogP contribution in [0.2, 0.25) is 0 Å². The fraction of sp³-hybridized carbons (Fsp3) is 0.455. The number of hydrogen-bond acceptors (Lipinski definition) is 4. The van der Waals surface area contributed by atoms with Gasteiger partial charge in [0.1, 0.15) is 0 Å². The fourth-order valence-corrected chi connectivity index (χ4v) is 3.73. The molecule has 2 aromatic carbocycles. The molecule has 0 spiro atoms. The molecule has 1 aliphatic rings. The predicted molar refractivity (Wildman–Crippen MR) is 111 cm³/mol. The molecule has 1 unspecified atom stereocenters. The minimum atomic E-state index is -0.698. The van der Waals surface area contributed by atoms with Crippen molar-refractivity contribution in [3.8, 4) is 5.75 Å². The monoisotopic (exact) mass is 409 g/mol. The second-order valence-corrected chi connectivity index (χ2v) is 7.83. The van der Waals surface area contributed by atoms with Crippen LogP contribution in [0.25, 0.3) is 0 Å². The Kier molecular flexibility index (Phi) is 7.84. The molecule has 0 bridgehead atoms. The van der Waals surface area contributed by atoms with Gasteiger partial charge in [0.25, 0.3) is 0 Å². The lowest BCUT2D eigenvalue weighted by Gasteiger charge is -2.39. The number of aromatic hydroxyl groups is 1. The maximum absolute atomic E-state index is 13.4. The molecule has 0 saturated carbocycles. The van der Waals surface area contributed by atoms with E-state index in [0.29, 0.717) is 37.8 Å². The Hall–Kier alpha value is -1.66. The van der Waals surface area contributed by atoms with Crippen molar-refractivity contribution in [1.82, 2.24) is 4.90 Å². The van der Waals surface area contributed by atoms with Gasteiger partial charge in [0.2, 0.25) is 0 Å². The first-order valence-electron chi connectivity index (χ1n) is 9.49. The number of benzene rings is 2. The highest BCUT2D eigenvalue weighted by Gasteiger charge is 2.32. The van der Waals surface area contributed by atoms with E-state index in [1.807, 2.05) is 0 Å². The SMILES string of the molecule is Cc1ccc(CC2(O)CCN(CC(O)Cc3ccc(O)c(F)c3)CC2)cc1.Cl. The molecule has 1 saturated heterocycles. The number of nitrogens with zero attached hydrogens (tertiary/aromatic N) is 1. The molecular weight excluding hydrogens is 381 g/mol. The first-order chi connectivity index (χ1) is 12.8. The predicted octanol–water partition coefficient (Wildman–Crippen LogP) is 3.23. The zero-order valence-corrected chi connectivity index (χ0v) is 17.0. The normalized spacial score (nSPS) is 17.7. The largest absolute Gasteiger partial charge is 0.505 e. The van der Waals surface area contributed by atoms with E-state index in [0.717, 1.165) is 18.7 Å². The third-order valence-corrected chi connectivity index (χ3v) is 5.39. The van der Waals surface area contributed by atoms with Gasteiger partial charge in [-0.1, -0.05) is 35.9 Å². The lowest BCUT2D eigenvalue weighted by molar-refractivity contribution is -0.0292. The van der Waals surface area contributed by atoms with Crippen LogP contribution in [0.1, 0.15) is 29.5 Å². The summed E-state index contributed by atoms with van der Waals surface area (Å²) in [6.07, 6.45) is 1.71. The minimum Gasteiger partial charge on any atom is -0.505 e. The summed E-state index contributed by atoms with van der Waals surface area (Å²) in [5, 5.41) is 30.4. The van der Waals surface area contributed by atoms with Crippen molar-refractivity contribution in [2.75, 3.05) is 19.6 Å². The summed E-state index contributed by atoms with van der Waals surface area (Å²) in [5.74, 6) is -1.05. The van der Waals surface area contributed by atoms with Crippen LogP contribution >= 0.6 is 12.4 Å². The summed E-state index contributed by atoms with van der Waals surface area (Å²) in [7, 11) is 0. The first-order valence-corrected chi connectivity index (χ1v) is 9.49. The van der Waals surface area contributed by atoms with E-state index >= 15 is 0 Å². The van der Waals surface area contributed by atoms with Crippen molar-refractivity contribution in [2.24, 2.45) is 0 Å². The van der Waals surface area contributed by atoms with E-state index in [9.17, 15) is 19.7 Å². The van der Waals surface area contributed by atoms with Gasteiger partial charge in [0.15, 0.2) is 11.6 Å². The second kappa shape index (κ2) is 9.70. The summed E-state index contributed by atoms with van der Waals surface area (Å²) in [6, 6.07) is 12.5. The van der Waals surface area contributed by atoms with Gasteiger partial charge in [-0.05, 0) is 49.4 Å². The average Bonchev–Trinajstić information content (AvgIpc) is 2.62. The van der Waals surface area contributed by atoms with Gasteiger partial charge >= 0.3 is 0 Å². The number of phenolic OH excluding ortho intramolecular Hbond substituents is 1. The van der Waals surface area contributed by atoms with Crippen molar-refractivity contribution in [3.05, 3.63) is 65.0 Å². The van der Waals surface area contributed by atoms with Gasteiger partial charge in [0, 0.05) is 26.1 Å². The topological polar surface area (TPSA) is 63.9 Å². The van der Waals surface area contributed by atoms with Crippen LogP contribution in [-0.4, -0.2) is 51.6 Å². The van der Waals surface area contributed by atoms with Crippen molar-refractivity contribution < 1.29 is 19.7 Å². The number of piperidine rings is 1. The van der Waals surface area contributed by atoms with Crippen molar-refractivity contribution in [2.45, 2.75) is 44.3 Å². The molecule has 4 nitrogen and oxygen atoms in total. The molecule has 0 aromatic heterocycles. The van der Waals surface area contributed by atoms with Crippen LogP contribution in [0.5, 0.6) is 5.75 Å². The van der Waals surface area contributed by atoms with Gasteiger partial charge in [-0.3, -0.25) is 0 Å². The number of aryl methyl sites for hydroxylation is 1. The molecule has 1 fully saturated rings. The zero-order valence-electron chi connectivity index (χ0n) is 16.1. The van der Waals surface area contributed by atoms with Gasteiger partial charge in [0.05, 0.1) is 11.7 Å². The number of aliphatic hydroxyl groups excluding tert-OH is 1. The highest BCUT2D eigenvalue weighted by atomic mass is 35.5. The number of hydrogen-bond donors (Lipinski definition) is 3. The van der Waals surface area contributed by atoms with Crippen LogP contribution in [0, 0.1) is 12.7 Å². The Morgan fingerprint density at radius 1 is 1.07 bits per heavy atom. The van der Waals surface area contributed by atoms with Gasteiger partial charge < -0.3 is 20.2 Å². The number of aliphatic hydroxyl groups is 2. The van der Waals surface area contributed by atoms with Gasteiger partial charge in [-0.2, -0.15) is 0 Å².